The summed E-state index contributed by atoms with van der Waals surface area (Å²) >= 11 is 0. The van der Waals surface area contributed by atoms with Gasteiger partial charge in [0.2, 0.25) is 15.9 Å². The third-order valence-corrected chi connectivity index (χ3v) is 4.79. The summed E-state index contributed by atoms with van der Waals surface area (Å²) in [5, 5.41) is 13.4. The molecule has 1 aromatic carbocycles. The van der Waals surface area contributed by atoms with Crippen LogP contribution in [0.1, 0.15) is 20.8 Å². The van der Waals surface area contributed by atoms with Gasteiger partial charge in [0.15, 0.2) is 4.90 Å². The SMILES string of the molecule is CC(C)(C)[C@H](N)C(=O)NCCNS(=O)(=O)c1ccccc1[N+](=O)[O-]. The molecule has 4 N–H and O–H groups in total. The predicted octanol–water partition coefficient (Wildman–Crippen LogP) is 0.363. The first-order chi connectivity index (χ1) is 11.0. The molecule has 0 bridgehead atoms. The second kappa shape index (κ2) is 7.69. The van der Waals surface area contributed by atoms with Gasteiger partial charge in [0.05, 0.1) is 11.0 Å². The lowest BCUT2D eigenvalue weighted by Crippen LogP contribution is -2.49. The van der Waals surface area contributed by atoms with E-state index in [0.717, 1.165) is 12.1 Å². The van der Waals surface area contributed by atoms with Gasteiger partial charge in [0.1, 0.15) is 0 Å². The Morgan fingerprint density at radius 3 is 2.42 bits per heavy atom. The van der Waals surface area contributed by atoms with Crippen LogP contribution in [0.15, 0.2) is 29.2 Å². The van der Waals surface area contributed by atoms with Gasteiger partial charge in [-0.3, -0.25) is 14.9 Å². The molecule has 1 rings (SSSR count). The van der Waals surface area contributed by atoms with E-state index in [2.05, 4.69) is 10.0 Å². The largest absolute Gasteiger partial charge is 0.353 e. The topological polar surface area (TPSA) is 144 Å². The van der Waals surface area contributed by atoms with E-state index in [1.807, 2.05) is 20.8 Å². The highest BCUT2D eigenvalue weighted by Crippen LogP contribution is 2.22. The van der Waals surface area contributed by atoms with Crippen LogP contribution in [0.5, 0.6) is 0 Å². The van der Waals surface area contributed by atoms with Crippen LogP contribution in [-0.4, -0.2) is 38.4 Å². The van der Waals surface area contributed by atoms with Crippen LogP contribution in [0.2, 0.25) is 0 Å². The number of amides is 1. The molecule has 1 amide bonds. The van der Waals surface area contributed by atoms with Crippen LogP contribution < -0.4 is 15.8 Å². The van der Waals surface area contributed by atoms with E-state index in [0.29, 0.717) is 0 Å². The molecule has 24 heavy (non-hydrogen) atoms. The molecule has 134 valence electrons. The fraction of sp³-hybridized carbons (Fsp3) is 0.500. The van der Waals surface area contributed by atoms with Gasteiger partial charge in [-0.15, -0.1) is 0 Å². The van der Waals surface area contributed by atoms with Gasteiger partial charge in [-0.2, -0.15) is 0 Å². The average molecular weight is 358 g/mol. The molecular weight excluding hydrogens is 336 g/mol. The molecule has 0 saturated carbocycles. The third kappa shape index (κ3) is 5.25. The molecule has 0 aliphatic carbocycles. The summed E-state index contributed by atoms with van der Waals surface area (Å²) in [6.07, 6.45) is 0. The highest BCUT2D eigenvalue weighted by atomic mass is 32.2. The summed E-state index contributed by atoms with van der Waals surface area (Å²) in [6, 6.07) is 4.30. The molecule has 0 unspecified atom stereocenters. The Bertz CT molecular complexity index is 712. The van der Waals surface area contributed by atoms with Crippen molar-refractivity contribution in [2.24, 2.45) is 11.1 Å². The quantitative estimate of drug-likeness (QED) is 0.365. The van der Waals surface area contributed by atoms with Crippen LogP contribution in [0.3, 0.4) is 0 Å². The molecule has 0 aliphatic heterocycles. The second-order valence-corrected chi connectivity index (χ2v) is 7.99. The highest BCUT2D eigenvalue weighted by Gasteiger charge is 2.27. The highest BCUT2D eigenvalue weighted by molar-refractivity contribution is 7.89. The Kier molecular flexibility index (Phi) is 6.41. The number of nitrogens with one attached hydrogen (secondary N) is 2. The lowest BCUT2D eigenvalue weighted by Gasteiger charge is -2.25. The first-order valence-electron chi connectivity index (χ1n) is 7.23. The average Bonchev–Trinajstić information content (AvgIpc) is 2.49. The number of nitro benzene ring substituents is 1. The number of sulfonamides is 1. The molecule has 0 aromatic heterocycles. The minimum absolute atomic E-state index is 0.0163. The number of hydrogen-bond acceptors (Lipinski definition) is 6. The number of nitrogens with zero attached hydrogens (tertiary/aromatic N) is 1. The molecule has 1 atom stereocenters. The Morgan fingerprint density at radius 2 is 1.88 bits per heavy atom. The maximum atomic E-state index is 12.1. The zero-order valence-electron chi connectivity index (χ0n) is 13.8. The van der Waals surface area contributed by atoms with Gasteiger partial charge < -0.3 is 11.1 Å². The maximum absolute atomic E-state index is 12.1. The minimum atomic E-state index is -4.06. The number of nitro groups is 1. The van der Waals surface area contributed by atoms with Gasteiger partial charge in [0, 0.05) is 19.2 Å². The van der Waals surface area contributed by atoms with Crippen molar-refractivity contribution in [3.63, 3.8) is 0 Å². The second-order valence-electron chi connectivity index (χ2n) is 6.26. The number of benzene rings is 1. The van der Waals surface area contributed by atoms with E-state index in [4.69, 9.17) is 5.73 Å². The number of rotatable bonds is 7. The summed E-state index contributed by atoms with van der Waals surface area (Å²) in [6.45, 7) is 5.34. The number of nitrogens with two attached hydrogens (primary N) is 1. The van der Waals surface area contributed by atoms with E-state index >= 15 is 0 Å². The third-order valence-electron chi connectivity index (χ3n) is 3.28. The number of hydrogen-bond donors (Lipinski definition) is 3. The van der Waals surface area contributed by atoms with Crippen molar-refractivity contribution in [2.75, 3.05) is 13.1 Å². The van der Waals surface area contributed by atoms with E-state index < -0.39 is 42.9 Å². The van der Waals surface area contributed by atoms with Crippen LogP contribution in [0, 0.1) is 15.5 Å². The zero-order chi connectivity index (χ0) is 18.5. The Hall–Kier alpha value is -2.04. The summed E-state index contributed by atoms with van der Waals surface area (Å²) < 4.78 is 26.5. The summed E-state index contributed by atoms with van der Waals surface area (Å²) in [5.74, 6) is -0.396. The van der Waals surface area contributed by atoms with Gasteiger partial charge in [-0.25, -0.2) is 13.1 Å². The lowest BCUT2D eigenvalue weighted by atomic mass is 9.87. The van der Waals surface area contributed by atoms with Crippen LogP contribution in [-0.2, 0) is 14.8 Å². The van der Waals surface area contributed by atoms with Crippen molar-refractivity contribution < 1.29 is 18.1 Å². The van der Waals surface area contributed by atoms with Crippen LogP contribution in [0.25, 0.3) is 0 Å². The first-order valence-corrected chi connectivity index (χ1v) is 8.71. The molecular formula is C14H22N4O5S. The zero-order valence-corrected chi connectivity index (χ0v) is 14.6. The van der Waals surface area contributed by atoms with E-state index in [-0.39, 0.29) is 13.1 Å². The Balaban J connectivity index is 2.65. The molecule has 0 aliphatic rings. The first kappa shape index (κ1) is 20.0. The summed E-state index contributed by atoms with van der Waals surface area (Å²) in [7, 11) is -4.06. The Morgan fingerprint density at radius 1 is 1.29 bits per heavy atom. The van der Waals surface area contributed by atoms with E-state index in [1.54, 1.807) is 0 Å². The smallest absolute Gasteiger partial charge is 0.289 e. The minimum Gasteiger partial charge on any atom is -0.353 e. The number of carbonyl (C=O) groups excluding carboxylic acids is 1. The van der Waals surface area contributed by atoms with E-state index in [1.165, 1.54) is 12.1 Å². The predicted molar refractivity (Wildman–Crippen MR) is 88.7 cm³/mol. The van der Waals surface area contributed by atoms with Gasteiger partial charge in [0.25, 0.3) is 5.69 Å². The van der Waals surface area contributed by atoms with Crippen molar-refractivity contribution in [2.45, 2.75) is 31.7 Å². The molecule has 9 nitrogen and oxygen atoms in total. The Labute approximate surface area is 140 Å². The maximum Gasteiger partial charge on any atom is 0.289 e. The normalized spacial score (nSPS) is 13.3. The van der Waals surface area contributed by atoms with Crippen molar-refractivity contribution in [3.8, 4) is 0 Å². The van der Waals surface area contributed by atoms with E-state index in [9.17, 15) is 23.3 Å². The lowest BCUT2D eigenvalue weighted by molar-refractivity contribution is -0.387. The molecule has 0 saturated heterocycles. The van der Waals surface area contributed by atoms with Gasteiger partial charge in [-0.1, -0.05) is 32.9 Å². The van der Waals surface area contributed by atoms with Crippen molar-refractivity contribution >= 4 is 21.6 Å². The number of carbonyl (C=O) groups is 1. The van der Waals surface area contributed by atoms with Crippen molar-refractivity contribution in [3.05, 3.63) is 34.4 Å². The fourth-order valence-electron chi connectivity index (χ4n) is 1.79. The van der Waals surface area contributed by atoms with Gasteiger partial charge in [-0.05, 0) is 11.5 Å². The summed E-state index contributed by atoms with van der Waals surface area (Å²) in [4.78, 5) is 21.5. The summed E-state index contributed by atoms with van der Waals surface area (Å²) in [5.41, 5.74) is 4.85. The molecule has 10 heteroatoms. The molecule has 0 spiro atoms. The number of para-hydroxylation sites is 1. The fourth-order valence-corrected chi connectivity index (χ4v) is 2.99. The van der Waals surface area contributed by atoms with Crippen molar-refractivity contribution in [1.82, 2.24) is 10.0 Å². The molecule has 0 radical (unpaired) electrons. The standard InChI is InChI=1S/C14H22N4O5S/c1-14(2,3)12(15)13(19)16-8-9-17-24(22,23)11-7-5-4-6-10(11)18(20)21/h4-7,12,17H,8-9,15H2,1-3H3,(H,16,19)/t12-/m1/s1. The molecule has 1 aromatic rings. The van der Waals surface area contributed by atoms with Crippen LogP contribution in [0.4, 0.5) is 5.69 Å². The molecule has 0 fully saturated rings. The van der Waals surface area contributed by atoms with Gasteiger partial charge >= 0.3 is 0 Å². The van der Waals surface area contributed by atoms with Crippen LogP contribution >= 0.6 is 0 Å². The molecule has 0 heterocycles. The van der Waals surface area contributed by atoms with Crippen molar-refractivity contribution in [1.29, 1.82) is 0 Å². The monoisotopic (exact) mass is 358 g/mol.